The lowest BCUT2D eigenvalue weighted by molar-refractivity contribution is 0.121. The molecule has 0 saturated carbocycles. The van der Waals surface area contributed by atoms with Crippen LogP contribution in [0.4, 0.5) is 4.79 Å². The minimum atomic E-state index is -0.345. The van der Waals surface area contributed by atoms with Crippen molar-refractivity contribution in [2.45, 2.75) is 45.9 Å². The second-order valence-corrected chi connectivity index (χ2v) is 6.02. The summed E-state index contributed by atoms with van der Waals surface area (Å²) < 4.78 is 9.44. The van der Waals surface area contributed by atoms with E-state index in [-0.39, 0.29) is 12.1 Å². The van der Waals surface area contributed by atoms with Crippen LogP contribution in [0.5, 0.6) is 0 Å². The standard InChI is InChI=1S/C15H25N5O2S/c1-4-8-19-12(3)17-20(15(19)23)11-18-9-6-7-13(10-18)16-14(21)22-5-2/h4,13H,1,5-11H2,2-3H3,(H,16,21)/t13-/m0/s1. The number of alkyl carbamates (subject to hydrolysis) is 1. The third kappa shape index (κ3) is 4.65. The maximum Gasteiger partial charge on any atom is 0.407 e. The topological polar surface area (TPSA) is 64.3 Å². The fourth-order valence-corrected chi connectivity index (χ4v) is 3.12. The molecule has 23 heavy (non-hydrogen) atoms. The number of amides is 1. The molecule has 1 aromatic rings. The average molecular weight is 339 g/mol. The molecule has 1 saturated heterocycles. The van der Waals surface area contributed by atoms with Gasteiger partial charge in [0, 0.05) is 25.7 Å². The van der Waals surface area contributed by atoms with Crippen LogP contribution in [-0.2, 0) is 18.0 Å². The predicted octanol–water partition coefficient (Wildman–Crippen LogP) is 2.08. The first-order valence-electron chi connectivity index (χ1n) is 7.96. The van der Waals surface area contributed by atoms with Gasteiger partial charge in [0.2, 0.25) is 0 Å². The molecule has 0 unspecified atom stereocenters. The number of aryl methyl sites for hydroxylation is 1. The number of likely N-dealkylation sites (tertiary alicyclic amines) is 1. The number of allylic oxidation sites excluding steroid dienone is 1. The Bertz CT molecular complexity index is 609. The molecular formula is C15H25N5O2S. The highest BCUT2D eigenvalue weighted by atomic mass is 32.1. The van der Waals surface area contributed by atoms with E-state index in [0.717, 1.165) is 31.8 Å². The van der Waals surface area contributed by atoms with Crippen LogP contribution in [0.3, 0.4) is 0 Å². The summed E-state index contributed by atoms with van der Waals surface area (Å²) in [5.74, 6) is 0.883. The molecule has 0 aliphatic carbocycles. The number of aromatic nitrogens is 3. The van der Waals surface area contributed by atoms with E-state index in [2.05, 4.69) is 21.9 Å². The molecule has 1 N–H and O–H groups in total. The Morgan fingerprint density at radius 1 is 1.61 bits per heavy atom. The molecule has 1 aliphatic heterocycles. The highest BCUT2D eigenvalue weighted by Gasteiger charge is 2.22. The van der Waals surface area contributed by atoms with E-state index >= 15 is 0 Å². The minimum Gasteiger partial charge on any atom is -0.450 e. The predicted molar refractivity (Wildman–Crippen MR) is 90.7 cm³/mol. The fraction of sp³-hybridized carbons (Fsp3) is 0.667. The SMILES string of the molecule is C=CCn1c(C)nn(CN2CCC[C@H](NC(=O)OCC)C2)c1=S. The number of hydrogen-bond acceptors (Lipinski definition) is 5. The third-order valence-corrected chi connectivity index (χ3v) is 4.29. The van der Waals surface area contributed by atoms with Gasteiger partial charge in [0.25, 0.3) is 0 Å². The van der Waals surface area contributed by atoms with Gasteiger partial charge in [-0.25, -0.2) is 9.48 Å². The molecule has 7 nitrogen and oxygen atoms in total. The summed E-state index contributed by atoms with van der Waals surface area (Å²) in [5, 5.41) is 7.42. The molecule has 2 heterocycles. The maximum absolute atomic E-state index is 11.6. The fourth-order valence-electron chi connectivity index (χ4n) is 2.81. The minimum absolute atomic E-state index is 0.105. The number of ether oxygens (including phenoxy) is 1. The molecule has 0 radical (unpaired) electrons. The Morgan fingerprint density at radius 3 is 3.09 bits per heavy atom. The molecular weight excluding hydrogens is 314 g/mol. The van der Waals surface area contributed by atoms with Crippen LogP contribution >= 0.6 is 12.2 Å². The number of carbonyl (C=O) groups is 1. The van der Waals surface area contributed by atoms with Crippen molar-refractivity contribution < 1.29 is 9.53 Å². The van der Waals surface area contributed by atoms with E-state index in [1.807, 2.05) is 22.2 Å². The van der Waals surface area contributed by atoms with E-state index in [9.17, 15) is 4.79 Å². The van der Waals surface area contributed by atoms with Crippen molar-refractivity contribution in [1.82, 2.24) is 24.6 Å². The van der Waals surface area contributed by atoms with Crippen LogP contribution < -0.4 is 5.32 Å². The summed E-state index contributed by atoms with van der Waals surface area (Å²) in [7, 11) is 0. The first-order valence-corrected chi connectivity index (χ1v) is 8.36. The summed E-state index contributed by atoms with van der Waals surface area (Å²) in [6, 6.07) is 0.105. The molecule has 1 amide bonds. The zero-order valence-electron chi connectivity index (χ0n) is 13.8. The van der Waals surface area contributed by atoms with E-state index in [1.165, 1.54) is 0 Å². The van der Waals surface area contributed by atoms with Crippen LogP contribution in [0.25, 0.3) is 0 Å². The van der Waals surface area contributed by atoms with Crippen molar-refractivity contribution in [2.75, 3.05) is 19.7 Å². The maximum atomic E-state index is 11.6. The van der Waals surface area contributed by atoms with Crippen molar-refractivity contribution in [1.29, 1.82) is 0 Å². The van der Waals surface area contributed by atoms with Crippen LogP contribution in [0.1, 0.15) is 25.6 Å². The zero-order valence-corrected chi connectivity index (χ0v) is 14.6. The number of rotatable bonds is 6. The third-order valence-electron chi connectivity index (χ3n) is 3.86. The van der Waals surface area contributed by atoms with Gasteiger partial charge in [0.15, 0.2) is 4.77 Å². The Kier molecular flexibility index (Phi) is 6.35. The van der Waals surface area contributed by atoms with Crippen molar-refractivity contribution in [3.8, 4) is 0 Å². The van der Waals surface area contributed by atoms with Gasteiger partial charge in [-0.2, -0.15) is 5.10 Å². The summed E-state index contributed by atoms with van der Waals surface area (Å²) in [6.45, 7) is 10.9. The van der Waals surface area contributed by atoms with Crippen LogP contribution in [-0.4, -0.2) is 51.1 Å². The number of hydrogen-bond donors (Lipinski definition) is 1. The lowest BCUT2D eigenvalue weighted by atomic mass is 10.1. The Morgan fingerprint density at radius 2 is 2.39 bits per heavy atom. The summed E-state index contributed by atoms with van der Waals surface area (Å²) >= 11 is 5.48. The largest absolute Gasteiger partial charge is 0.450 e. The van der Waals surface area contributed by atoms with Crippen molar-refractivity contribution in [2.24, 2.45) is 0 Å². The molecule has 1 atom stereocenters. The summed E-state index contributed by atoms with van der Waals surface area (Å²) in [5.41, 5.74) is 0. The van der Waals surface area contributed by atoms with E-state index < -0.39 is 0 Å². The molecule has 0 spiro atoms. The molecule has 8 heteroatoms. The monoisotopic (exact) mass is 339 g/mol. The van der Waals surface area contributed by atoms with Crippen molar-refractivity contribution >= 4 is 18.3 Å². The number of piperidine rings is 1. The molecule has 1 aromatic heterocycles. The van der Waals surface area contributed by atoms with Crippen LogP contribution in [0, 0.1) is 11.7 Å². The second-order valence-electron chi connectivity index (χ2n) is 5.65. The lowest BCUT2D eigenvalue weighted by Crippen LogP contribution is -2.48. The van der Waals surface area contributed by atoms with Crippen molar-refractivity contribution in [3.05, 3.63) is 23.3 Å². The van der Waals surface area contributed by atoms with Gasteiger partial charge >= 0.3 is 6.09 Å². The zero-order chi connectivity index (χ0) is 16.8. The second kappa shape index (κ2) is 8.26. The first kappa shape index (κ1) is 17.7. The van der Waals surface area contributed by atoms with Crippen LogP contribution in [0.2, 0.25) is 0 Å². The van der Waals surface area contributed by atoms with Gasteiger partial charge in [0.1, 0.15) is 5.82 Å². The van der Waals surface area contributed by atoms with E-state index in [4.69, 9.17) is 17.0 Å². The first-order chi connectivity index (χ1) is 11.0. The summed E-state index contributed by atoms with van der Waals surface area (Å²) in [6.07, 6.45) is 3.46. The summed E-state index contributed by atoms with van der Waals surface area (Å²) in [4.78, 5) is 13.8. The van der Waals surface area contributed by atoms with Gasteiger partial charge < -0.3 is 14.6 Å². The Hall–Kier alpha value is -1.67. The smallest absolute Gasteiger partial charge is 0.407 e. The Balaban J connectivity index is 1.97. The number of nitrogens with one attached hydrogen (secondary N) is 1. The molecule has 2 rings (SSSR count). The van der Waals surface area contributed by atoms with Crippen molar-refractivity contribution in [3.63, 3.8) is 0 Å². The number of carbonyl (C=O) groups excluding carboxylic acids is 1. The molecule has 1 aliphatic rings. The van der Waals surface area contributed by atoms with Gasteiger partial charge in [0.05, 0.1) is 13.3 Å². The molecule has 128 valence electrons. The van der Waals surface area contributed by atoms with E-state index in [0.29, 0.717) is 24.6 Å². The highest BCUT2D eigenvalue weighted by molar-refractivity contribution is 7.71. The average Bonchev–Trinajstić information content (AvgIpc) is 2.76. The lowest BCUT2D eigenvalue weighted by Gasteiger charge is -2.32. The van der Waals surface area contributed by atoms with E-state index in [1.54, 1.807) is 6.92 Å². The number of nitrogens with zero attached hydrogens (tertiary/aromatic N) is 4. The molecule has 0 aromatic carbocycles. The quantitative estimate of drug-likeness (QED) is 0.635. The van der Waals surface area contributed by atoms with Gasteiger partial charge in [-0.3, -0.25) is 4.90 Å². The Labute approximate surface area is 141 Å². The van der Waals surface area contributed by atoms with Gasteiger partial charge in [-0.05, 0) is 38.9 Å². The van der Waals surface area contributed by atoms with Gasteiger partial charge in [-0.1, -0.05) is 6.08 Å². The molecule has 1 fully saturated rings. The van der Waals surface area contributed by atoms with Crippen LogP contribution in [0.15, 0.2) is 12.7 Å². The normalized spacial score (nSPS) is 18.6. The van der Waals surface area contributed by atoms with Gasteiger partial charge in [-0.15, -0.1) is 6.58 Å². The highest BCUT2D eigenvalue weighted by Crippen LogP contribution is 2.12. The molecule has 0 bridgehead atoms.